The van der Waals surface area contributed by atoms with Gasteiger partial charge in [-0.15, -0.1) is 0 Å². The number of benzene rings is 3. The maximum atomic E-state index is 13.2. The monoisotopic (exact) mass is 472 g/mol. The van der Waals surface area contributed by atoms with E-state index in [0.29, 0.717) is 24.2 Å². The number of aryl methyl sites for hydroxylation is 2. The second kappa shape index (κ2) is 9.80. The van der Waals surface area contributed by atoms with Crippen LogP contribution in [0, 0.1) is 19.8 Å². The minimum absolute atomic E-state index is 0.194. The molecule has 6 heteroatoms. The zero-order valence-corrected chi connectivity index (χ0v) is 20.4. The van der Waals surface area contributed by atoms with E-state index in [-0.39, 0.29) is 24.3 Å². The average Bonchev–Trinajstić information content (AvgIpc) is 2.86. The molecular weight excluding hydrogens is 440 g/mol. The van der Waals surface area contributed by atoms with E-state index in [2.05, 4.69) is 4.90 Å². The van der Waals surface area contributed by atoms with E-state index in [1.807, 2.05) is 68.4 Å². The second-order valence-corrected chi connectivity index (χ2v) is 9.91. The van der Waals surface area contributed by atoms with Gasteiger partial charge in [0.25, 0.3) is 11.8 Å². The smallest absolute Gasteiger partial charge is 0.261 e. The van der Waals surface area contributed by atoms with E-state index in [1.54, 1.807) is 0 Å². The maximum Gasteiger partial charge on any atom is 0.261 e. The number of piperidine rings is 1. The van der Waals surface area contributed by atoms with Crippen molar-refractivity contribution in [1.29, 1.82) is 0 Å². The highest BCUT2D eigenvalue weighted by molar-refractivity contribution is 6.25. The van der Waals surface area contributed by atoms with Gasteiger partial charge in [-0.1, -0.05) is 36.4 Å². The largest absolute Gasteiger partial charge is 0.491 e. The number of ether oxygens (including phenoxy) is 1. The molecule has 0 unspecified atom stereocenters. The number of carbonyl (C=O) groups excluding carboxylic acids is 2. The molecule has 0 aliphatic carbocycles. The Morgan fingerprint density at radius 2 is 1.63 bits per heavy atom. The van der Waals surface area contributed by atoms with Crippen molar-refractivity contribution in [3.05, 3.63) is 76.9 Å². The number of nitrogens with zero attached hydrogens (tertiary/aromatic N) is 2. The minimum atomic E-state index is -0.575. The molecule has 35 heavy (non-hydrogen) atoms. The number of rotatable bonds is 7. The third-order valence-electron chi connectivity index (χ3n) is 7.25. The van der Waals surface area contributed by atoms with E-state index >= 15 is 0 Å². The normalized spacial score (nSPS) is 17.7. The Kier molecular flexibility index (Phi) is 6.58. The molecule has 182 valence electrons. The molecule has 3 aromatic carbocycles. The minimum Gasteiger partial charge on any atom is -0.491 e. The first-order chi connectivity index (χ1) is 16.9. The fourth-order valence-corrected chi connectivity index (χ4v) is 5.26. The number of imide groups is 1. The summed E-state index contributed by atoms with van der Waals surface area (Å²) in [6.07, 6.45) is 1.19. The lowest BCUT2D eigenvalue weighted by Crippen LogP contribution is -2.46. The first-order valence-corrected chi connectivity index (χ1v) is 12.4. The van der Waals surface area contributed by atoms with Crippen molar-refractivity contribution in [2.45, 2.75) is 32.8 Å². The lowest BCUT2D eigenvalue weighted by atomic mass is 9.91. The van der Waals surface area contributed by atoms with Crippen molar-refractivity contribution >= 4 is 22.6 Å². The highest BCUT2D eigenvalue weighted by Gasteiger charge is 2.34. The number of hydrogen-bond donors (Lipinski definition) is 1. The summed E-state index contributed by atoms with van der Waals surface area (Å²) < 4.78 is 5.86. The lowest BCUT2D eigenvalue weighted by molar-refractivity contribution is 0.0452. The van der Waals surface area contributed by atoms with Crippen LogP contribution in [0.15, 0.2) is 54.6 Å². The summed E-state index contributed by atoms with van der Waals surface area (Å²) in [5, 5.41) is 12.2. The van der Waals surface area contributed by atoms with E-state index < -0.39 is 6.10 Å². The predicted molar refractivity (Wildman–Crippen MR) is 136 cm³/mol. The fraction of sp³-hybridized carbons (Fsp3) is 0.379. The summed E-state index contributed by atoms with van der Waals surface area (Å²) in [5.74, 6) is 0.685. The lowest BCUT2D eigenvalue weighted by Gasteiger charge is -2.36. The van der Waals surface area contributed by atoms with Gasteiger partial charge in [-0.2, -0.15) is 0 Å². The Morgan fingerprint density at radius 3 is 2.29 bits per heavy atom. The van der Waals surface area contributed by atoms with Gasteiger partial charge in [-0.05, 0) is 80.4 Å². The number of likely N-dealkylation sites (tertiary alicyclic amines) is 1. The Bertz CT molecular complexity index is 1210. The highest BCUT2D eigenvalue weighted by atomic mass is 16.5. The number of aliphatic hydroxyl groups excluding tert-OH is 1. The number of carbonyl (C=O) groups is 2. The Balaban J connectivity index is 1.14. The summed E-state index contributed by atoms with van der Waals surface area (Å²) in [7, 11) is 0. The highest BCUT2D eigenvalue weighted by Crippen LogP contribution is 2.31. The quantitative estimate of drug-likeness (QED) is 0.522. The van der Waals surface area contributed by atoms with Crippen LogP contribution in [0.5, 0.6) is 5.75 Å². The van der Waals surface area contributed by atoms with Gasteiger partial charge < -0.3 is 14.7 Å². The molecule has 2 amide bonds. The van der Waals surface area contributed by atoms with Crippen LogP contribution >= 0.6 is 0 Å². The zero-order valence-electron chi connectivity index (χ0n) is 20.4. The van der Waals surface area contributed by atoms with Crippen molar-refractivity contribution in [3.63, 3.8) is 0 Å². The molecule has 5 rings (SSSR count). The summed E-state index contributed by atoms with van der Waals surface area (Å²) >= 11 is 0. The van der Waals surface area contributed by atoms with Gasteiger partial charge >= 0.3 is 0 Å². The first-order valence-electron chi connectivity index (χ1n) is 12.4. The predicted octanol–water partition coefficient (Wildman–Crippen LogP) is 4.20. The van der Waals surface area contributed by atoms with Gasteiger partial charge in [0.1, 0.15) is 18.5 Å². The Morgan fingerprint density at radius 1 is 0.971 bits per heavy atom. The van der Waals surface area contributed by atoms with Crippen LogP contribution in [0.25, 0.3) is 10.8 Å². The van der Waals surface area contributed by atoms with Crippen LogP contribution in [0.1, 0.15) is 44.7 Å². The van der Waals surface area contributed by atoms with Crippen molar-refractivity contribution in [2.24, 2.45) is 5.92 Å². The number of hydrogen-bond acceptors (Lipinski definition) is 5. The van der Waals surface area contributed by atoms with Crippen LogP contribution < -0.4 is 4.74 Å². The Labute approximate surface area is 206 Å². The van der Waals surface area contributed by atoms with Gasteiger partial charge in [0, 0.05) is 29.6 Å². The second-order valence-electron chi connectivity index (χ2n) is 9.91. The molecule has 0 spiro atoms. The molecule has 0 aromatic heterocycles. The molecule has 1 N–H and O–H groups in total. The molecule has 3 aromatic rings. The average molecular weight is 473 g/mol. The molecule has 6 nitrogen and oxygen atoms in total. The molecule has 0 bridgehead atoms. The first kappa shape index (κ1) is 23.5. The molecule has 0 radical (unpaired) electrons. The molecule has 1 atom stereocenters. The van der Waals surface area contributed by atoms with E-state index in [1.165, 1.54) is 4.90 Å². The van der Waals surface area contributed by atoms with Crippen molar-refractivity contribution < 1.29 is 19.4 Å². The van der Waals surface area contributed by atoms with Gasteiger partial charge in [-0.25, -0.2) is 0 Å². The number of β-amino-alcohol motifs (C(OH)–C–C–N with tert-alkyl or cyclic N) is 1. The summed E-state index contributed by atoms with van der Waals surface area (Å²) in [6.45, 7) is 6.93. The maximum absolute atomic E-state index is 13.2. The standard InChI is InChI=1S/C29H32N2O4/c1-19-9-10-20(2)26(15-19)35-18-23(32)17-30-13-11-21(12-14-30)16-31-28(33)24-7-3-5-22-6-4-8-25(27(22)24)29(31)34/h3-10,15,21,23,32H,11-14,16-18H2,1-2H3/t23-/m0/s1. The van der Waals surface area contributed by atoms with Crippen LogP contribution in [0.3, 0.4) is 0 Å². The van der Waals surface area contributed by atoms with Crippen molar-refractivity contribution in [2.75, 3.05) is 32.8 Å². The molecule has 0 saturated carbocycles. The molecule has 2 aliphatic heterocycles. The molecule has 2 heterocycles. The summed E-state index contributed by atoms with van der Waals surface area (Å²) in [6, 6.07) is 17.3. The number of aliphatic hydroxyl groups is 1. The van der Waals surface area contributed by atoms with E-state index in [9.17, 15) is 14.7 Å². The third-order valence-corrected chi connectivity index (χ3v) is 7.25. The van der Waals surface area contributed by atoms with Crippen LogP contribution in [0.2, 0.25) is 0 Å². The molecule has 2 aliphatic rings. The molecule has 1 saturated heterocycles. The van der Waals surface area contributed by atoms with Gasteiger partial charge in [0.2, 0.25) is 0 Å². The van der Waals surface area contributed by atoms with Gasteiger partial charge in [0.05, 0.1) is 0 Å². The van der Waals surface area contributed by atoms with Crippen LogP contribution in [-0.4, -0.2) is 65.6 Å². The van der Waals surface area contributed by atoms with E-state index in [0.717, 1.165) is 53.6 Å². The number of amides is 2. The van der Waals surface area contributed by atoms with Crippen molar-refractivity contribution in [1.82, 2.24) is 9.80 Å². The van der Waals surface area contributed by atoms with Crippen LogP contribution in [0.4, 0.5) is 0 Å². The zero-order chi connectivity index (χ0) is 24.5. The third kappa shape index (κ3) is 4.81. The molecule has 1 fully saturated rings. The van der Waals surface area contributed by atoms with Crippen LogP contribution in [-0.2, 0) is 0 Å². The van der Waals surface area contributed by atoms with E-state index in [4.69, 9.17) is 4.74 Å². The van der Waals surface area contributed by atoms with Crippen molar-refractivity contribution in [3.8, 4) is 5.75 Å². The fourth-order valence-electron chi connectivity index (χ4n) is 5.26. The topological polar surface area (TPSA) is 70.1 Å². The van der Waals surface area contributed by atoms with Gasteiger partial charge in [0.15, 0.2) is 0 Å². The SMILES string of the molecule is Cc1ccc(C)c(OC[C@@H](O)CN2CCC(CN3C(=O)c4cccc5cccc(c45)C3=O)CC2)c1. The Hall–Kier alpha value is -3.22. The van der Waals surface area contributed by atoms with Gasteiger partial charge in [-0.3, -0.25) is 14.5 Å². The summed E-state index contributed by atoms with van der Waals surface area (Å²) in [4.78, 5) is 30.0. The summed E-state index contributed by atoms with van der Waals surface area (Å²) in [5.41, 5.74) is 3.42. The molecular formula is C29H32N2O4.